The van der Waals surface area contributed by atoms with Gasteiger partial charge in [-0.2, -0.15) is 0 Å². The lowest BCUT2D eigenvalue weighted by Crippen LogP contribution is -2.37. The van der Waals surface area contributed by atoms with E-state index in [0.717, 1.165) is 53.2 Å². The van der Waals surface area contributed by atoms with Gasteiger partial charge in [0.1, 0.15) is 7.85 Å². The van der Waals surface area contributed by atoms with E-state index >= 15 is 0 Å². The van der Waals surface area contributed by atoms with Crippen LogP contribution in [-0.2, 0) is 20.7 Å². The van der Waals surface area contributed by atoms with Crippen LogP contribution in [0.5, 0.6) is 0 Å². The summed E-state index contributed by atoms with van der Waals surface area (Å²) in [5.74, 6) is 5.76. The molecular formula is C50H78BBrO2. The molecule has 2 aromatic rings. The fourth-order valence-electron chi connectivity index (χ4n) is 12.0. The van der Waals surface area contributed by atoms with Crippen LogP contribution in [0.1, 0.15) is 192 Å². The molecule has 0 unspecified atom stereocenters. The Morgan fingerprint density at radius 1 is 0.500 bits per heavy atom. The summed E-state index contributed by atoms with van der Waals surface area (Å²) in [5, 5.41) is 0. The zero-order chi connectivity index (χ0) is 37.6. The Bertz CT molecular complexity index is 1210. The van der Waals surface area contributed by atoms with Crippen molar-refractivity contribution in [3.8, 4) is 0 Å². The molecule has 4 saturated carbocycles. The van der Waals surface area contributed by atoms with Gasteiger partial charge in [0.05, 0.1) is 11.2 Å². The molecule has 0 atom stereocenters. The van der Waals surface area contributed by atoms with Gasteiger partial charge in [-0.05, 0) is 149 Å². The van der Waals surface area contributed by atoms with Crippen LogP contribution in [0.25, 0.3) is 0 Å². The average molecular weight is 802 g/mol. The van der Waals surface area contributed by atoms with E-state index < -0.39 is 0 Å². The van der Waals surface area contributed by atoms with Gasteiger partial charge in [-0.15, -0.1) is 0 Å². The van der Waals surface area contributed by atoms with Crippen molar-refractivity contribution in [1.82, 2.24) is 0 Å². The molecule has 0 amide bonds. The van der Waals surface area contributed by atoms with E-state index in [1.165, 1.54) is 184 Å². The van der Waals surface area contributed by atoms with Gasteiger partial charge in [0.2, 0.25) is 0 Å². The molecule has 4 fully saturated rings. The first kappa shape index (κ1) is 42.5. The van der Waals surface area contributed by atoms with Crippen LogP contribution in [-0.4, -0.2) is 21.1 Å². The highest BCUT2D eigenvalue weighted by molar-refractivity contribution is 9.10. The van der Waals surface area contributed by atoms with Crippen molar-refractivity contribution >= 4 is 29.2 Å². The average Bonchev–Trinajstić information content (AvgIpc) is 3.20. The molecule has 6 rings (SSSR count). The summed E-state index contributed by atoms with van der Waals surface area (Å²) in [7, 11) is 2.21. The first-order chi connectivity index (χ1) is 26.4. The van der Waals surface area contributed by atoms with E-state index in [2.05, 4.69) is 86.2 Å². The molecule has 4 aliphatic carbocycles. The monoisotopic (exact) mass is 801 g/mol. The summed E-state index contributed by atoms with van der Waals surface area (Å²) < 4.78 is 15.1. The highest BCUT2D eigenvalue weighted by Crippen LogP contribution is 2.50. The quantitative estimate of drug-likeness (QED) is 0.104. The molecule has 2 aromatic carbocycles. The third-order valence-electron chi connectivity index (χ3n) is 15.4. The van der Waals surface area contributed by atoms with Crippen molar-refractivity contribution in [3.05, 3.63) is 64.1 Å². The number of ether oxygens (including phenoxy) is 2. The van der Waals surface area contributed by atoms with Crippen LogP contribution in [0.4, 0.5) is 0 Å². The van der Waals surface area contributed by atoms with Crippen molar-refractivity contribution in [1.29, 1.82) is 0 Å². The second kappa shape index (κ2) is 21.6. The van der Waals surface area contributed by atoms with Crippen LogP contribution in [0.3, 0.4) is 0 Å². The first-order valence-corrected chi connectivity index (χ1v) is 24.3. The summed E-state index contributed by atoms with van der Waals surface area (Å²) in [6, 6.07) is 18.5. The molecule has 0 aromatic heterocycles. The lowest BCUT2D eigenvalue weighted by atomic mass is 9.66. The molecule has 0 spiro atoms. The summed E-state index contributed by atoms with van der Waals surface area (Å²) >= 11 is 3.68. The molecule has 4 aliphatic rings. The van der Waals surface area contributed by atoms with Crippen LogP contribution in [0.2, 0.25) is 0 Å². The van der Waals surface area contributed by atoms with Gasteiger partial charge in [0.25, 0.3) is 0 Å². The van der Waals surface area contributed by atoms with Crippen LogP contribution in [0, 0.1) is 35.5 Å². The number of unbranched alkanes of at least 4 members (excludes halogenated alkanes) is 5. The van der Waals surface area contributed by atoms with Gasteiger partial charge in [-0.25, -0.2) is 0 Å². The maximum absolute atomic E-state index is 6.99. The summed E-state index contributed by atoms with van der Waals surface area (Å²) in [4.78, 5) is 0. The molecule has 0 aliphatic heterocycles. The van der Waals surface area contributed by atoms with Gasteiger partial charge >= 0.3 is 0 Å². The largest absolute Gasteiger partial charge is 0.370 e. The predicted molar refractivity (Wildman–Crippen MR) is 236 cm³/mol. The topological polar surface area (TPSA) is 18.5 Å². The van der Waals surface area contributed by atoms with E-state index in [1.807, 2.05) is 0 Å². The zero-order valence-electron chi connectivity index (χ0n) is 35.1. The number of hydrogen-bond acceptors (Lipinski definition) is 2. The Hall–Kier alpha value is -1.10. The summed E-state index contributed by atoms with van der Waals surface area (Å²) in [6.07, 6.45) is 35.1. The normalized spacial score (nSPS) is 32.1. The van der Waals surface area contributed by atoms with Crippen molar-refractivity contribution in [2.24, 2.45) is 35.5 Å². The van der Waals surface area contributed by atoms with Gasteiger partial charge < -0.3 is 9.47 Å². The maximum atomic E-state index is 6.99. The van der Waals surface area contributed by atoms with Crippen LogP contribution < -0.4 is 5.46 Å². The van der Waals surface area contributed by atoms with Gasteiger partial charge in [0.15, 0.2) is 0 Å². The lowest BCUT2D eigenvalue weighted by molar-refractivity contribution is -0.0917. The standard InChI is InChI=1S/C50H78BBrO2/c1-3-11-39-13-17-41(18-14-39)43-29-33-49(34-30-43,45-21-25-47(51)26-22-45)53-37-9-7-5-6-8-10-38-54-50(46-23-27-48(52)28-24-46)35-31-44(32-36-50)42-19-15-40(12-4-2)16-20-42/h21-28,39-44H,3-20,29-38,51H2,1-2H3. The fraction of sp³-hybridized carbons (Fsp3) is 0.760. The second-order valence-corrected chi connectivity index (χ2v) is 19.9. The van der Waals surface area contributed by atoms with E-state index in [4.69, 9.17) is 9.47 Å². The fourth-order valence-corrected chi connectivity index (χ4v) is 12.2. The van der Waals surface area contributed by atoms with Gasteiger partial charge in [-0.3, -0.25) is 0 Å². The van der Waals surface area contributed by atoms with Gasteiger partial charge in [0, 0.05) is 17.7 Å². The van der Waals surface area contributed by atoms with E-state index in [-0.39, 0.29) is 11.2 Å². The molecule has 0 bridgehead atoms. The third-order valence-corrected chi connectivity index (χ3v) is 16.0. The minimum atomic E-state index is -0.0887. The molecule has 0 saturated heterocycles. The van der Waals surface area contributed by atoms with Crippen molar-refractivity contribution in [3.63, 3.8) is 0 Å². The number of hydrogen-bond donors (Lipinski definition) is 0. The van der Waals surface area contributed by atoms with Crippen molar-refractivity contribution < 1.29 is 9.47 Å². The Kier molecular flexibility index (Phi) is 17.0. The molecule has 0 radical (unpaired) electrons. The number of rotatable bonds is 19. The van der Waals surface area contributed by atoms with Crippen LogP contribution >= 0.6 is 15.9 Å². The Morgan fingerprint density at radius 2 is 0.852 bits per heavy atom. The molecule has 300 valence electrons. The number of benzene rings is 2. The minimum Gasteiger partial charge on any atom is -0.370 e. The van der Waals surface area contributed by atoms with E-state index in [9.17, 15) is 0 Å². The maximum Gasteiger partial charge on any atom is 0.139 e. The summed E-state index contributed by atoms with van der Waals surface area (Å²) in [6.45, 7) is 6.52. The highest BCUT2D eigenvalue weighted by Gasteiger charge is 2.42. The Balaban J connectivity index is 0.899. The molecule has 0 N–H and O–H groups in total. The first-order valence-electron chi connectivity index (χ1n) is 23.5. The summed E-state index contributed by atoms with van der Waals surface area (Å²) in [5.41, 5.74) is 4.03. The SMILES string of the molecule is Bc1ccc(C2(OCCCCCCCCOC3(c4ccc(Br)cc4)CCC(C4CCC(CCC)CC4)CC3)CCC(C3CCC(CCC)CC3)CC2)cc1. The molecule has 2 nitrogen and oxygen atoms in total. The van der Waals surface area contributed by atoms with Crippen molar-refractivity contribution in [2.45, 2.75) is 192 Å². The second-order valence-electron chi connectivity index (χ2n) is 19.0. The zero-order valence-corrected chi connectivity index (χ0v) is 36.7. The van der Waals surface area contributed by atoms with E-state index in [0.29, 0.717) is 0 Å². The minimum absolute atomic E-state index is 0.0705. The molecule has 54 heavy (non-hydrogen) atoms. The predicted octanol–water partition coefficient (Wildman–Crippen LogP) is 13.8. The van der Waals surface area contributed by atoms with Gasteiger partial charge in [-0.1, -0.05) is 149 Å². The smallest absolute Gasteiger partial charge is 0.139 e. The Labute approximate surface area is 342 Å². The van der Waals surface area contributed by atoms with E-state index in [1.54, 1.807) is 0 Å². The molecule has 4 heteroatoms. The molecular weight excluding hydrogens is 723 g/mol. The van der Waals surface area contributed by atoms with Crippen LogP contribution in [0.15, 0.2) is 53.0 Å². The Morgan fingerprint density at radius 3 is 1.24 bits per heavy atom. The van der Waals surface area contributed by atoms with Crippen molar-refractivity contribution in [2.75, 3.05) is 13.2 Å². The number of halogens is 1. The highest BCUT2D eigenvalue weighted by atomic mass is 79.9. The lowest BCUT2D eigenvalue weighted by Gasteiger charge is -2.44. The third kappa shape index (κ3) is 11.7. The molecule has 0 heterocycles.